The Labute approximate surface area is 190 Å². The molecule has 0 aliphatic rings. The number of hydrogen-bond acceptors (Lipinski definition) is 5. The highest BCUT2D eigenvalue weighted by Gasteiger charge is 2.23. The fraction of sp³-hybridized carbons (Fsp3) is 0.913. The van der Waals surface area contributed by atoms with Gasteiger partial charge in [-0.15, -0.1) is 0 Å². The molecular weight excluding hydrogens is 418 g/mol. The molecule has 0 aliphatic carbocycles. The lowest BCUT2D eigenvalue weighted by Gasteiger charge is -2.27. The Kier molecular flexibility index (Phi) is 18.2. The van der Waals surface area contributed by atoms with Crippen LogP contribution < -0.4 is 5.32 Å². The van der Waals surface area contributed by atoms with Crippen LogP contribution in [0.1, 0.15) is 111 Å². The Balaban J connectivity index is 3.37. The fourth-order valence-corrected chi connectivity index (χ4v) is 5.28. The average Bonchev–Trinajstić information content (AvgIpc) is 2.61. The van der Waals surface area contributed by atoms with Gasteiger partial charge < -0.3 is 9.87 Å². The average molecular weight is 464 g/mol. The van der Waals surface area contributed by atoms with Crippen LogP contribution in [-0.4, -0.2) is 41.7 Å². The van der Waals surface area contributed by atoms with Gasteiger partial charge in [0, 0.05) is 11.3 Å². The van der Waals surface area contributed by atoms with E-state index >= 15 is 0 Å². The molecule has 0 aliphatic heterocycles. The summed E-state index contributed by atoms with van der Waals surface area (Å²) in [5, 5.41) is 2.58. The number of rotatable bonds is 21. The predicted octanol–water partition coefficient (Wildman–Crippen LogP) is 5.85. The van der Waals surface area contributed by atoms with Crippen LogP contribution in [-0.2, 0) is 14.9 Å². The fourth-order valence-electron chi connectivity index (χ4n) is 3.48. The molecule has 0 aromatic carbocycles. The van der Waals surface area contributed by atoms with Crippen molar-refractivity contribution in [1.82, 2.24) is 5.32 Å². The van der Waals surface area contributed by atoms with Crippen molar-refractivity contribution in [2.75, 3.05) is 17.3 Å². The maximum absolute atomic E-state index is 11.8. The highest BCUT2D eigenvalue weighted by molar-refractivity contribution is 7.99. The zero-order valence-electron chi connectivity index (χ0n) is 19.5. The van der Waals surface area contributed by atoms with Crippen LogP contribution in [0, 0.1) is 6.42 Å². The number of nitrogens with one attached hydrogen (secondary N) is 1. The van der Waals surface area contributed by atoms with Crippen molar-refractivity contribution in [2.45, 2.75) is 116 Å². The number of carbonyl (C=O) groups excluding carboxylic acids is 1. The molecule has 0 rings (SSSR count). The van der Waals surface area contributed by atoms with E-state index in [9.17, 15) is 17.8 Å². The van der Waals surface area contributed by atoms with E-state index in [0.29, 0.717) is 5.75 Å². The summed E-state index contributed by atoms with van der Waals surface area (Å²) in [5.41, 5.74) is -1.05. The third-order valence-electron chi connectivity index (χ3n) is 5.03. The molecule has 1 radical (unpaired) electrons. The van der Waals surface area contributed by atoms with Crippen molar-refractivity contribution >= 4 is 27.8 Å². The van der Waals surface area contributed by atoms with Crippen LogP contribution in [0.15, 0.2) is 0 Å². The van der Waals surface area contributed by atoms with Crippen LogP contribution in [0.4, 0.5) is 0 Å². The van der Waals surface area contributed by atoms with Gasteiger partial charge in [-0.05, 0) is 26.0 Å². The molecule has 0 atom stereocenters. The highest BCUT2D eigenvalue weighted by atomic mass is 32.2. The topological polar surface area (TPSA) is 86.3 Å². The van der Waals surface area contributed by atoms with Gasteiger partial charge in [-0.2, -0.15) is 11.8 Å². The second-order valence-corrected chi connectivity index (χ2v) is 11.5. The first-order valence-electron chi connectivity index (χ1n) is 11.8. The molecule has 0 aromatic heterocycles. The standard InChI is InChI=1S/C23H46NO4S2/c1-4-5-6-7-8-9-10-11-12-13-14-15-16-17-19-29-20-18-22(25)24-23(2,3)21-30(26,27)28/h18H,4-17,19-21H2,1-3H3,(H,24,25)(H,26,27,28)/p-1. The number of amides is 1. The van der Waals surface area contributed by atoms with Crippen LogP contribution in [0.5, 0.6) is 0 Å². The second kappa shape index (κ2) is 18.3. The maximum atomic E-state index is 11.8. The van der Waals surface area contributed by atoms with E-state index in [-0.39, 0.29) is 5.91 Å². The minimum absolute atomic E-state index is 0.322. The molecule has 0 saturated carbocycles. The number of carbonyl (C=O) groups is 1. The van der Waals surface area contributed by atoms with Crippen molar-refractivity contribution < 1.29 is 17.8 Å². The summed E-state index contributed by atoms with van der Waals surface area (Å²) in [5.74, 6) is 0.702. The van der Waals surface area contributed by atoms with Crippen molar-refractivity contribution in [3.8, 4) is 0 Å². The molecule has 1 N–H and O–H groups in total. The van der Waals surface area contributed by atoms with E-state index in [1.165, 1.54) is 104 Å². The monoisotopic (exact) mass is 463 g/mol. The predicted molar refractivity (Wildman–Crippen MR) is 129 cm³/mol. The van der Waals surface area contributed by atoms with Gasteiger partial charge >= 0.3 is 0 Å². The van der Waals surface area contributed by atoms with Gasteiger partial charge in [-0.25, -0.2) is 8.42 Å². The van der Waals surface area contributed by atoms with E-state index < -0.39 is 21.4 Å². The number of thioether (sulfide) groups is 1. The van der Waals surface area contributed by atoms with Gasteiger partial charge in [-0.1, -0.05) is 90.4 Å². The first-order chi connectivity index (χ1) is 14.2. The van der Waals surface area contributed by atoms with Crippen LogP contribution in [0.25, 0.3) is 0 Å². The van der Waals surface area contributed by atoms with E-state index in [1.54, 1.807) is 11.8 Å². The van der Waals surface area contributed by atoms with Crippen molar-refractivity contribution in [2.24, 2.45) is 0 Å². The SMILES string of the molecule is CCCCCCCCCCCCCCCCSC[CH]C(=O)NC(C)(C)CS(=O)(=O)[O-]. The molecule has 7 heteroatoms. The quantitative estimate of drug-likeness (QED) is 0.170. The summed E-state index contributed by atoms with van der Waals surface area (Å²) in [6.07, 6.45) is 20.4. The van der Waals surface area contributed by atoms with E-state index in [4.69, 9.17) is 0 Å². The van der Waals surface area contributed by atoms with Crippen molar-refractivity contribution in [3.63, 3.8) is 0 Å². The molecule has 179 valence electrons. The molecular formula is C23H45NO4S2-. The summed E-state index contributed by atoms with van der Waals surface area (Å²) < 4.78 is 32.5. The third-order valence-corrected chi connectivity index (χ3v) is 7.08. The minimum Gasteiger partial charge on any atom is -0.748 e. The summed E-state index contributed by atoms with van der Waals surface area (Å²) in [6.45, 7) is 5.34. The Morgan fingerprint density at radius 1 is 0.867 bits per heavy atom. The molecule has 0 spiro atoms. The first kappa shape index (κ1) is 29.7. The molecule has 0 saturated heterocycles. The largest absolute Gasteiger partial charge is 0.748 e. The lowest BCUT2D eigenvalue weighted by atomic mass is 10.0. The van der Waals surface area contributed by atoms with Gasteiger partial charge in [0.25, 0.3) is 0 Å². The zero-order valence-corrected chi connectivity index (χ0v) is 21.2. The number of unbranched alkanes of at least 4 members (excludes halogenated alkanes) is 13. The summed E-state index contributed by atoms with van der Waals surface area (Å²) in [4.78, 5) is 11.8. The van der Waals surface area contributed by atoms with Crippen molar-refractivity contribution in [3.05, 3.63) is 6.42 Å². The lowest BCUT2D eigenvalue weighted by Crippen LogP contribution is -2.48. The van der Waals surface area contributed by atoms with E-state index in [1.807, 2.05) is 0 Å². The van der Waals surface area contributed by atoms with Gasteiger partial charge in [0.15, 0.2) is 0 Å². The molecule has 0 bridgehead atoms. The summed E-state index contributed by atoms with van der Waals surface area (Å²) >= 11 is 1.71. The van der Waals surface area contributed by atoms with Gasteiger partial charge in [0.1, 0.15) is 0 Å². The minimum atomic E-state index is -4.36. The second-order valence-electron chi connectivity index (χ2n) is 8.95. The zero-order chi connectivity index (χ0) is 22.7. The van der Waals surface area contributed by atoms with Crippen molar-refractivity contribution in [1.29, 1.82) is 0 Å². The number of hydrogen-bond donors (Lipinski definition) is 1. The van der Waals surface area contributed by atoms with E-state index in [2.05, 4.69) is 12.2 Å². The molecule has 5 nitrogen and oxygen atoms in total. The normalized spacial score (nSPS) is 12.3. The third kappa shape index (κ3) is 22.4. The van der Waals surface area contributed by atoms with Crippen LogP contribution in [0.2, 0.25) is 0 Å². The highest BCUT2D eigenvalue weighted by Crippen LogP contribution is 2.14. The molecule has 0 fully saturated rings. The molecule has 0 unspecified atom stereocenters. The van der Waals surface area contributed by atoms with Crippen LogP contribution in [0.3, 0.4) is 0 Å². The molecule has 1 amide bonds. The molecule has 0 aromatic rings. The molecule has 0 heterocycles. The van der Waals surface area contributed by atoms with Gasteiger partial charge in [-0.3, -0.25) is 4.79 Å². The Morgan fingerprint density at radius 2 is 1.30 bits per heavy atom. The lowest BCUT2D eigenvalue weighted by molar-refractivity contribution is -0.119. The van der Waals surface area contributed by atoms with Gasteiger partial charge in [0.05, 0.1) is 22.3 Å². The molecule has 30 heavy (non-hydrogen) atoms. The Bertz CT molecular complexity index is 521. The first-order valence-corrected chi connectivity index (χ1v) is 14.6. The summed E-state index contributed by atoms with van der Waals surface area (Å²) in [6, 6.07) is 0. The van der Waals surface area contributed by atoms with Gasteiger partial charge in [0.2, 0.25) is 5.91 Å². The smallest absolute Gasteiger partial charge is 0.225 e. The van der Waals surface area contributed by atoms with E-state index in [0.717, 1.165) is 12.2 Å². The Morgan fingerprint density at radius 3 is 1.73 bits per heavy atom. The Hall–Kier alpha value is -0.270. The summed E-state index contributed by atoms with van der Waals surface area (Å²) in [7, 11) is -4.36. The maximum Gasteiger partial charge on any atom is 0.225 e. The van der Waals surface area contributed by atoms with Crippen LogP contribution >= 0.6 is 11.8 Å².